The fraction of sp³-hybridized carbons (Fsp3) is 0.300. The summed E-state index contributed by atoms with van der Waals surface area (Å²) in [7, 11) is -3.86. The van der Waals surface area contributed by atoms with E-state index in [-0.39, 0.29) is 17.9 Å². The van der Waals surface area contributed by atoms with Crippen LogP contribution in [0, 0.1) is 0 Å². The van der Waals surface area contributed by atoms with Gasteiger partial charge in [-0.2, -0.15) is 13.2 Å². The average molecular weight is 296 g/mol. The normalized spacial score (nSPS) is 12.2. The maximum Gasteiger partial charge on any atom is 0.471 e. The molecule has 0 spiro atoms. The summed E-state index contributed by atoms with van der Waals surface area (Å²) < 4.78 is 57.8. The Morgan fingerprint density at radius 2 is 1.95 bits per heavy atom. The van der Waals surface area contributed by atoms with E-state index in [1.807, 2.05) is 0 Å². The third-order valence-corrected chi connectivity index (χ3v) is 3.09. The third-order valence-electron chi connectivity index (χ3n) is 2.18. The molecule has 0 radical (unpaired) electrons. The summed E-state index contributed by atoms with van der Waals surface area (Å²) in [5.74, 6) is -2.03. The quantitative estimate of drug-likeness (QED) is 0.850. The molecule has 0 saturated heterocycles. The highest BCUT2D eigenvalue weighted by Gasteiger charge is 2.38. The molecule has 0 atom stereocenters. The van der Waals surface area contributed by atoms with Crippen LogP contribution < -0.4 is 10.5 Å². The van der Waals surface area contributed by atoms with Crippen molar-refractivity contribution < 1.29 is 26.4 Å². The van der Waals surface area contributed by atoms with E-state index >= 15 is 0 Å². The molecule has 9 heteroatoms. The highest BCUT2D eigenvalue weighted by atomic mass is 32.2. The Labute approximate surface area is 107 Å². The van der Waals surface area contributed by atoms with Crippen LogP contribution in [0.5, 0.6) is 0 Å². The second kappa shape index (κ2) is 5.57. The number of benzene rings is 1. The first-order valence-electron chi connectivity index (χ1n) is 5.07. The minimum atomic E-state index is -4.93. The van der Waals surface area contributed by atoms with Crippen LogP contribution in [0.2, 0.25) is 0 Å². The first kappa shape index (κ1) is 15.4. The molecule has 0 aromatic heterocycles. The number of nitrogens with two attached hydrogens (primary N) is 1. The van der Waals surface area contributed by atoms with Crippen LogP contribution >= 0.6 is 0 Å². The molecule has 0 aliphatic heterocycles. The monoisotopic (exact) mass is 296 g/mol. The zero-order valence-electron chi connectivity index (χ0n) is 9.57. The average Bonchev–Trinajstić information content (AvgIpc) is 2.27. The van der Waals surface area contributed by atoms with Crippen LogP contribution in [0.4, 0.5) is 13.2 Å². The van der Waals surface area contributed by atoms with Crippen molar-refractivity contribution in [3.63, 3.8) is 0 Å². The number of sulfonamides is 1. The standard InChI is InChI=1S/C10H11F3N2O3S/c11-10(12,13)9(16)15-5-4-7-2-1-3-8(6-7)19(14,17)18/h1-3,6H,4-5H2,(H,15,16)(H2,14,17,18). The van der Waals surface area contributed by atoms with Crippen molar-refractivity contribution in [1.82, 2.24) is 5.32 Å². The lowest BCUT2D eigenvalue weighted by molar-refractivity contribution is -0.173. The Bertz CT molecular complexity index is 570. The van der Waals surface area contributed by atoms with Gasteiger partial charge in [0.15, 0.2) is 0 Å². The largest absolute Gasteiger partial charge is 0.471 e. The molecule has 0 aliphatic rings. The fourth-order valence-corrected chi connectivity index (χ4v) is 1.88. The van der Waals surface area contributed by atoms with Crippen LogP contribution in [0.1, 0.15) is 5.56 Å². The van der Waals surface area contributed by atoms with Crippen molar-refractivity contribution in [2.24, 2.45) is 5.14 Å². The molecule has 0 bridgehead atoms. The molecular weight excluding hydrogens is 285 g/mol. The number of carbonyl (C=O) groups excluding carboxylic acids is 1. The van der Waals surface area contributed by atoms with Gasteiger partial charge in [0.25, 0.3) is 0 Å². The molecule has 1 amide bonds. The smallest absolute Gasteiger partial charge is 0.348 e. The zero-order chi connectivity index (χ0) is 14.7. The molecular formula is C10H11F3N2O3S. The number of rotatable bonds is 4. The molecule has 0 fully saturated rings. The Balaban J connectivity index is 2.63. The number of amides is 1. The lowest BCUT2D eigenvalue weighted by atomic mass is 10.1. The molecule has 3 N–H and O–H groups in total. The number of primary sulfonamides is 1. The lowest BCUT2D eigenvalue weighted by Gasteiger charge is -2.08. The van der Waals surface area contributed by atoms with Gasteiger partial charge in [0.2, 0.25) is 10.0 Å². The predicted octanol–water partition coefficient (Wildman–Crippen LogP) is 0.555. The summed E-state index contributed by atoms with van der Waals surface area (Å²) >= 11 is 0. The Kier molecular flexibility index (Phi) is 4.53. The Morgan fingerprint density at radius 3 is 2.47 bits per heavy atom. The van der Waals surface area contributed by atoms with Gasteiger partial charge in [-0.05, 0) is 24.1 Å². The summed E-state index contributed by atoms with van der Waals surface area (Å²) in [5, 5.41) is 6.60. The maximum absolute atomic E-state index is 11.9. The van der Waals surface area contributed by atoms with E-state index in [0.29, 0.717) is 5.56 Å². The van der Waals surface area contributed by atoms with E-state index in [9.17, 15) is 26.4 Å². The molecule has 0 unspecified atom stereocenters. The van der Waals surface area contributed by atoms with Crippen molar-refractivity contribution in [1.29, 1.82) is 0 Å². The molecule has 106 valence electrons. The van der Waals surface area contributed by atoms with Crippen molar-refractivity contribution >= 4 is 15.9 Å². The summed E-state index contributed by atoms with van der Waals surface area (Å²) in [4.78, 5) is 10.4. The predicted molar refractivity (Wildman–Crippen MR) is 60.6 cm³/mol. The first-order valence-corrected chi connectivity index (χ1v) is 6.62. The summed E-state index contributed by atoms with van der Waals surface area (Å²) in [6.07, 6.45) is -4.87. The van der Waals surface area contributed by atoms with Crippen LogP contribution in [0.15, 0.2) is 29.2 Å². The van der Waals surface area contributed by atoms with Gasteiger partial charge in [-0.15, -0.1) is 0 Å². The number of hydrogen-bond donors (Lipinski definition) is 2. The molecule has 5 nitrogen and oxygen atoms in total. The van der Waals surface area contributed by atoms with Gasteiger partial charge in [-0.25, -0.2) is 13.6 Å². The molecule has 1 rings (SSSR count). The van der Waals surface area contributed by atoms with Crippen molar-refractivity contribution in [3.05, 3.63) is 29.8 Å². The van der Waals surface area contributed by atoms with Gasteiger partial charge in [0.1, 0.15) is 0 Å². The second-order valence-electron chi connectivity index (χ2n) is 3.70. The Hall–Kier alpha value is -1.61. The van der Waals surface area contributed by atoms with Gasteiger partial charge in [-0.3, -0.25) is 4.79 Å². The topological polar surface area (TPSA) is 89.3 Å². The van der Waals surface area contributed by atoms with Gasteiger partial charge in [0.05, 0.1) is 4.90 Å². The van der Waals surface area contributed by atoms with Crippen LogP contribution in [0.3, 0.4) is 0 Å². The summed E-state index contributed by atoms with van der Waals surface area (Å²) in [6.45, 7) is -0.258. The van der Waals surface area contributed by atoms with Crippen LogP contribution in [-0.2, 0) is 21.2 Å². The number of hydrogen-bond acceptors (Lipinski definition) is 3. The molecule has 19 heavy (non-hydrogen) atoms. The van der Waals surface area contributed by atoms with E-state index in [4.69, 9.17) is 5.14 Å². The van der Waals surface area contributed by atoms with E-state index < -0.39 is 22.1 Å². The van der Waals surface area contributed by atoms with Gasteiger partial charge < -0.3 is 5.32 Å². The summed E-state index contributed by atoms with van der Waals surface area (Å²) in [5.41, 5.74) is 0.453. The van der Waals surface area contributed by atoms with E-state index in [1.165, 1.54) is 24.3 Å². The molecule has 1 aromatic rings. The highest BCUT2D eigenvalue weighted by Crippen LogP contribution is 2.14. The molecule has 0 heterocycles. The van der Waals surface area contributed by atoms with Crippen LogP contribution in [-0.4, -0.2) is 27.0 Å². The minimum Gasteiger partial charge on any atom is -0.348 e. The number of nitrogens with one attached hydrogen (secondary N) is 1. The van der Waals surface area contributed by atoms with E-state index in [2.05, 4.69) is 0 Å². The SMILES string of the molecule is NS(=O)(=O)c1cccc(CCNC(=O)C(F)(F)F)c1. The van der Waals surface area contributed by atoms with E-state index in [0.717, 1.165) is 0 Å². The fourth-order valence-electron chi connectivity index (χ4n) is 1.30. The minimum absolute atomic E-state index is 0.0607. The number of carbonyl (C=O) groups is 1. The number of alkyl halides is 3. The van der Waals surface area contributed by atoms with Crippen molar-refractivity contribution in [2.75, 3.05) is 6.54 Å². The molecule has 0 saturated carbocycles. The molecule has 1 aromatic carbocycles. The van der Waals surface area contributed by atoms with Crippen molar-refractivity contribution in [2.45, 2.75) is 17.5 Å². The second-order valence-corrected chi connectivity index (χ2v) is 5.26. The summed E-state index contributed by atoms with van der Waals surface area (Å²) in [6, 6.07) is 5.46. The number of halogens is 3. The zero-order valence-corrected chi connectivity index (χ0v) is 10.4. The van der Waals surface area contributed by atoms with Crippen LogP contribution in [0.25, 0.3) is 0 Å². The third kappa shape index (κ3) is 4.87. The maximum atomic E-state index is 11.9. The molecule has 0 aliphatic carbocycles. The van der Waals surface area contributed by atoms with Gasteiger partial charge in [0, 0.05) is 6.54 Å². The Morgan fingerprint density at radius 1 is 1.32 bits per heavy atom. The van der Waals surface area contributed by atoms with Gasteiger partial charge >= 0.3 is 12.1 Å². The van der Waals surface area contributed by atoms with Crippen molar-refractivity contribution in [3.8, 4) is 0 Å². The highest BCUT2D eigenvalue weighted by molar-refractivity contribution is 7.89. The van der Waals surface area contributed by atoms with E-state index in [1.54, 1.807) is 5.32 Å². The lowest BCUT2D eigenvalue weighted by Crippen LogP contribution is -2.37. The first-order chi connectivity index (χ1) is 8.60. The van der Waals surface area contributed by atoms with Gasteiger partial charge in [-0.1, -0.05) is 12.1 Å².